The first kappa shape index (κ1) is 20.3. The molecule has 0 bridgehead atoms. The van der Waals surface area contributed by atoms with Gasteiger partial charge in [-0.25, -0.2) is 13.1 Å². The van der Waals surface area contributed by atoms with Crippen LogP contribution < -0.4 is 0 Å². The van der Waals surface area contributed by atoms with Gasteiger partial charge in [-0.2, -0.15) is 18.3 Å². The Morgan fingerprint density at radius 2 is 2.08 bits per heavy atom. The van der Waals surface area contributed by atoms with Gasteiger partial charge in [0.2, 0.25) is 0 Å². The number of rotatable bonds is 5. The fraction of sp³-hybridized carbons (Fsp3) is 0.667. The first-order valence-electron chi connectivity index (χ1n) is 6.78. The van der Waals surface area contributed by atoms with Gasteiger partial charge in [-0.05, 0) is 6.92 Å². The molecule has 1 atom stereocenters. The Kier molecular flexibility index (Phi) is 5.62. The highest BCUT2D eigenvalue weighted by Gasteiger charge is 2.44. The number of nitrogens with zero attached hydrogens (tertiary/aromatic N) is 3. The maximum absolute atomic E-state index is 13.3. The van der Waals surface area contributed by atoms with E-state index in [1.807, 2.05) is 0 Å². The van der Waals surface area contributed by atoms with Crippen LogP contribution in [0.1, 0.15) is 24.6 Å². The molecule has 1 aromatic rings. The molecular formula is C12H14Cl2F3N3O4S. The molecule has 0 aliphatic carbocycles. The molecule has 0 aromatic carbocycles. The molecule has 0 N–H and O–H groups in total. The van der Waals surface area contributed by atoms with Crippen molar-refractivity contribution in [3.05, 3.63) is 16.4 Å². The summed E-state index contributed by atoms with van der Waals surface area (Å²) in [5.74, 6) is -1.05. The average molecular weight is 424 g/mol. The van der Waals surface area contributed by atoms with Gasteiger partial charge in [-0.1, -0.05) is 16.8 Å². The van der Waals surface area contributed by atoms with Crippen molar-refractivity contribution in [1.29, 1.82) is 0 Å². The molecule has 1 aliphatic rings. The minimum Gasteiger partial charge on any atom is -0.387 e. The summed E-state index contributed by atoms with van der Waals surface area (Å²) in [4.78, 5) is 4.98. The van der Waals surface area contributed by atoms with Crippen LogP contribution in [0.15, 0.2) is 5.16 Å². The molecule has 0 fully saturated rings. The van der Waals surface area contributed by atoms with Gasteiger partial charge in [0.1, 0.15) is 6.73 Å². The summed E-state index contributed by atoms with van der Waals surface area (Å²) in [7, 11) is -3.04. The van der Waals surface area contributed by atoms with Crippen molar-refractivity contribution in [3.8, 4) is 0 Å². The minimum absolute atomic E-state index is 0.0319. The number of methoxy groups -OCH3 is 1. The van der Waals surface area contributed by atoms with E-state index < -0.39 is 50.5 Å². The number of oxime groups is 1. The summed E-state index contributed by atoms with van der Waals surface area (Å²) in [5, 5.41) is 6.00. The molecule has 13 heteroatoms. The van der Waals surface area contributed by atoms with E-state index in [0.29, 0.717) is 4.68 Å². The van der Waals surface area contributed by atoms with Crippen LogP contribution in [0.5, 0.6) is 0 Å². The highest BCUT2D eigenvalue weighted by Crippen LogP contribution is 2.37. The van der Waals surface area contributed by atoms with Gasteiger partial charge < -0.3 is 9.57 Å². The number of alkyl halides is 4. The first-order valence-corrected chi connectivity index (χ1v) is 9.35. The topological polar surface area (TPSA) is 82.8 Å². The van der Waals surface area contributed by atoms with Crippen LogP contribution in [0.25, 0.3) is 0 Å². The number of hydrogen-bond acceptors (Lipinski definition) is 6. The Balaban J connectivity index is 2.40. The Hall–Kier alpha value is -1.04. The first-order chi connectivity index (χ1) is 11.4. The summed E-state index contributed by atoms with van der Waals surface area (Å²) < 4.78 is 70.0. The van der Waals surface area contributed by atoms with Gasteiger partial charge in [-0.15, -0.1) is 11.6 Å². The normalized spacial score (nSPS) is 21.3. The number of halogens is 5. The molecule has 0 saturated carbocycles. The quantitative estimate of drug-likeness (QED) is 0.679. The van der Waals surface area contributed by atoms with Gasteiger partial charge >= 0.3 is 6.18 Å². The van der Waals surface area contributed by atoms with Gasteiger partial charge in [0, 0.05) is 19.1 Å². The van der Waals surface area contributed by atoms with Crippen molar-refractivity contribution in [1.82, 2.24) is 9.78 Å². The molecule has 0 radical (unpaired) electrons. The summed E-state index contributed by atoms with van der Waals surface area (Å²) in [6, 6.07) is 0. The summed E-state index contributed by atoms with van der Waals surface area (Å²) in [6.07, 6.45) is -5.02. The van der Waals surface area contributed by atoms with Gasteiger partial charge in [0.15, 0.2) is 31.3 Å². The number of ether oxygens (including phenoxy) is 1. The van der Waals surface area contributed by atoms with E-state index in [1.54, 1.807) is 0 Å². The van der Waals surface area contributed by atoms with E-state index in [0.717, 1.165) is 0 Å². The van der Waals surface area contributed by atoms with Crippen LogP contribution in [-0.2, 0) is 38.1 Å². The van der Waals surface area contributed by atoms with E-state index in [2.05, 4.69) is 15.0 Å². The monoisotopic (exact) mass is 423 g/mol. The fourth-order valence-corrected chi connectivity index (χ4v) is 4.15. The van der Waals surface area contributed by atoms with E-state index in [4.69, 9.17) is 28.0 Å². The Bertz CT molecular complexity index is 794. The smallest absolute Gasteiger partial charge is 0.387 e. The predicted molar refractivity (Wildman–Crippen MR) is 84.1 cm³/mol. The van der Waals surface area contributed by atoms with E-state index in [1.165, 1.54) is 14.0 Å². The Morgan fingerprint density at radius 1 is 1.44 bits per heavy atom. The zero-order valence-electron chi connectivity index (χ0n) is 13.1. The lowest BCUT2D eigenvalue weighted by Gasteiger charge is -2.16. The second-order valence-corrected chi connectivity index (χ2v) is 8.24. The zero-order valence-corrected chi connectivity index (χ0v) is 15.4. The lowest BCUT2D eigenvalue weighted by Crippen LogP contribution is -2.29. The second-order valence-electron chi connectivity index (χ2n) is 5.63. The van der Waals surface area contributed by atoms with Crippen molar-refractivity contribution in [2.75, 3.05) is 13.0 Å². The highest BCUT2D eigenvalue weighted by atomic mass is 35.5. The predicted octanol–water partition coefficient (Wildman–Crippen LogP) is 2.81. The van der Waals surface area contributed by atoms with Crippen molar-refractivity contribution in [2.45, 2.75) is 37.6 Å². The maximum atomic E-state index is 13.3. The standard InChI is InChI=1S/C12H14Cl2F3N3O4S/c1-11(5-13)3-8(19-24-11)25(21,22)4-7-9(12(15,16)17)20(6-23-2)18-10(7)14/h3-6H2,1-2H3. The van der Waals surface area contributed by atoms with E-state index >= 15 is 0 Å². The van der Waals surface area contributed by atoms with Crippen LogP contribution in [0.3, 0.4) is 0 Å². The summed E-state index contributed by atoms with van der Waals surface area (Å²) in [5.41, 5.74) is -2.99. The molecule has 142 valence electrons. The molecule has 0 amide bonds. The van der Waals surface area contributed by atoms with Crippen molar-refractivity contribution in [2.24, 2.45) is 5.16 Å². The van der Waals surface area contributed by atoms with Gasteiger partial charge in [0.25, 0.3) is 0 Å². The second kappa shape index (κ2) is 6.93. The van der Waals surface area contributed by atoms with Crippen LogP contribution in [0.4, 0.5) is 13.2 Å². The van der Waals surface area contributed by atoms with Crippen LogP contribution in [0, 0.1) is 0 Å². The Morgan fingerprint density at radius 3 is 2.56 bits per heavy atom. The molecule has 2 rings (SSSR count). The number of aromatic nitrogens is 2. The van der Waals surface area contributed by atoms with Gasteiger partial charge in [0.05, 0.1) is 11.6 Å². The zero-order chi connectivity index (χ0) is 19.0. The Labute approximate surface area is 151 Å². The molecule has 7 nitrogen and oxygen atoms in total. The van der Waals surface area contributed by atoms with Crippen LogP contribution >= 0.6 is 23.2 Å². The van der Waals surface area contributed by atoms with Crippen LogP contribution in [-0.4, -0.2) is 41.8 Å². The van der Waals surface area contributed by atoms with Crippen molar-refractivity contribution in [3.63, 3.8) is 0 Å². The lowest BCUT2D eigenvalue weighted by molar-refractivity contribution is -0.146. The van der Waals surface area contributed by atoms with Gasteiger partial charge in [-0.3, -0.25) is 0 Å². The third kappa shape index (κ3) is 4.21. The molecule has 1 aliphatic heterocycles. The number of hydrogen-bond donors (Lipinski definition) is 0. The van der Waals surface area contributed by atoms with E-state index in [9.17, 15) is 21.6 Å². The molecular weight excluding hydrogens is 410 g/mol. The highest BCUT2D eigenvalue weighted by molar-refractivity contribution is 8.05. The third-order valence-corrected chi connectivity index (χ3v) is 5.87. The summed E-state index contributed by atoms with van der Waals surface area (Å²) in [6.45, 7) is 1.000. The molecule has 0 saturated heterocycles. The molecule has 1 unspecified atom stereocenters. The third-order valence-electron chi connectivity index (χ3n) is 3.39. The largest absolute Gasteiger partial charge is 0.433 e. The number of sulfone groups is 1. The van der Waals surface area contributed by atoms with Crippen molar-refractivity contribution < 1.29 is 31.2 Å². The SMILES string of the molecule is COCn1nc(Cl)c(CS(=O)(=O)C2=NOC(C)(CCl)C2)c1C(F)(F)F. The summed E-state index contributed by atoms with van der Waals surface area (Å²) >= 11 is 11.4. The molecule has 25 heavy (non-hydrogen) atoms. The fourth-order valence-electron chi connectivity index (χ4n) is 2.19. The molecule has 0 spiro atoms. The lowest BCUT2D eigenvalue weighted by atomic mass is 10.1. The minimum atomic E-state index is -4.87. The maximum Gasteiger partial charge on any atom is 0.433 e. The van der Waals surface area contributed by atoms with Crippen molar-refractivity contribution >= 4 is 38.1 Å². The van der Waals surface area contributed by atoms with E-state index in [-0.39, 0.29) is 17.3 Å². The molecule has 1 aromatic heterocycles. The average Bonchev–Trinajstić information content (AvgIpc) is 3.02. The van der Waals surface area contributed by atoms with Crippen LogP contribution in [0.2, 0.25) is 5.15 Å². The molecule has 2 heterocycles.